The number of ether oxygens (including phenoxy) is 1. The summed E-state index contributed by atoms with van der Waals surface area (Å²) in [4.78, 5) is 40.5. The van der Waals surface area contributed by atoms with E-state index in [-0.39, 0.29) is 11.8 Å². The first-order chi connectivity index (χ1) is 14.3. The molecule has 0 aliphatic rings. The predicted molar refractivity (Wildman–Crippen MR) is 115 cm³/mol. The quantitative estimate of drug-likeness (QED) is 0.602. The van der Waals surface area contributed by atoms with Crippen LogP contribution in [0.15, 0.2) is 54.6 Å². The number of pyridine rings is 1. The van der Waals surface area contributed by atoms with E-state index >= 15 is 0 Å². The average Bonchev–Trinajstić information content (AvgIpc) is 2.72. The lowest BCUT2D eigenvalue weighted by Gasteiger charge is -2.12. The van der Waals surface area contributed by atoms with Crippen LogP contribution in [0.5, 0.6) is 0 Å². The van der Waals surface area contributed by atoms with E-state index in [1.54, 1.807) is 36.4 Å². The van der Waals surface area contributed by atoms with Crippen LogP contribution in [-0.2, 0) is 14.3 Å². The number of nitrogens with one attached hydrogen (secondary N) is 2. The smallest absolute Gasteiger partial charge is 0.339 e. The van der Waals surface area contributed by atoms with Crippen LogP contribution in [0, 0.1) is 0 Å². The summed E-state index contributed by atoms with van der Waals surface area (Å²) in [5.74, 6) is -1.07. The number of para-hydroxylation sites is 1. The fourth-order valence-electron chi connectivity index (χ4n) is 2.91. The summed E-state index contributed by atoms with van der Waals surface area (Å²) in [6.45, 7) is 4.99. The molecular formula is C23H23N3O4. The maximum atomic E-state index is 12.7. The molecular weight excluding hydrogens is 382 g/mol. The Balaban J connectivity index is 1.66. The van der Waals surface area contributed by atoms with Gasteiger partial charge in [0.15, 0.2) is 6.61 Å². The van der Waals surface area contributed by atoms with Crippen molar-refractivity contribution < 1.29 is 19.1 Å². The first-order valence-electron chi connectivity index (χ1n) is 9.58. The van der Waals surface area contributed by atoms with Crippen molar-refractivity contribution in [2.24, 2.45) is 0 Å². The highest BCUT2D eigenvalue weighted by Crippen LogP contribution is 2.23. The maximum Gasteiger partial charge on any atom is 0.339 e. The number of nitrogens with zero attached hydrogens (tertiary/aromatic N) is 1. The van der Waals surface area contributed by atoms with Gasteiger partial charge < -0.3 is 15.4 Å². The summed E-state index contributed by atoms with van der Waals surface area (Å²) in [5.41, 5.74) is 3.03. The molecule has 0 spiro atoms. The van der Waals surface area contributed by atoms with Crippen LogP contribution in [0.1, 0.15) is 42.7 Å². The zero-order chi connectivity index (χ0) is 21.7. The number of esters is 1. The molecule has 2 aromatic carbocycles. The topological polar surface area (TPSA) is 97.4 Å². The molecule has 0 radical (unpaired) electrons. The van der Waals surface area contributed by atoms with Crippen LogP contribution in [0.2, 0.25) is 0 Å². The molecule has 3 rings (SSSR count). The first kappa shape index (κ1) is 21.0. The number of fused-ring (bicyclic) bond motifs is 1. The van der Waals surface area contributed by atoms with Crippen molar-refractivity contribution in [3.05, 3.63) is 65.9 Å². The van der Waals surface area contributed by atoms with Gasteiger partial charge in [-0.3, -0.25) is 14.6 Å². The van der Waals surface area contributed by atoms with Crippen LogP contribution in [-0.4, -0.2) is 29.4 Å². The number of amides is 2. The normalized spacial score (nSPS) is 10.7. The molecule has 0 atom stereocenters. The Bertz CT molecular complexity index is 1090. The van der Waals surface area contributed by atoms with Gasteiger partial charge in [-0.25, -0.2) is 4.79 Å². The van der Waals surface area contributed by atoms with Gasteiger partial charge in [0, 0.05) is 29.4 Å². The molecule has 0 saturated heterocycles. The Morgan fingerprint density at radius 2 is 1.60 bits per heavy atom. The fraction of sp³-hybridized carbons (Fsp3) is 0.217. The summed E-state index contributed by atoms with van der Waals surface area (Å²) in [6.07, 6.45) is 0. The Hall–Kier alpha value is -3.74. The van der Waals surface area contributed by atoms with E-state index < -0.39 is 18.5 Å². The molecule has 7 nitrogen and oxygen atoms in total. The Morgan fingerprint density at radius 3 is 2.23 bits per heavy atom. The Labute approximate surface area is 174 Å². The van der Waals surface area contributed by atoms with E-state index in [0.29, 0.717) is 27.8 Å². The van der Waals surface area contributed by atoms with Gasteiger partial charge >= 0.3 is 5.97 Å². The van der Waals surface area contributed by atoms with E-state index in [9.17, 15) is 14.4 Å². The molecule has 1 aromatic heterocycles. The molecule has 0 aliphatic heterocycles. The number of hydrogen-bond acceptors (Lipinski definition) is 5. The second-order valence-corrected chi connectivity index (χ2v) is 7.15. The SMILES string of the molecule is CC(=O)Nc1ccc(NC(=O)COC(=O)c2cc(C(C)C)nc3ccccc23)cc1. The number of rotatable bonds is 6. The van der Waals surface area contributed by atoms with Crippen molar-refractivity contribution in [2.45, 2.75) is 26.7 Å². The fourth-order valence-corrected chi connectivity index (χ4v) is 2.91. The number of carbonyl (C=O) groups excluding carboxylic acids is 3. The second-order valence-electron chi connectivity index (χ2n) is 7.15. The molecule has 0 bridgehead atoms. The zero-order valence-electron chi connectivity index (χ0n) is 17.1. The van der Waals surface area contributed by atoms with E-state index in [1.807, 2.05) is 32.0 Å². The van der Waals surface area contributed by atoms with E-state index in [4.69, 9.17) is 4.74 Å². The number of carbonyl (C=O) groups is 3. The lowest BCUT2D eigenvalue weighted by molar-refractivity contribution is -0.119. The predicted octanol–water partition coefficient (Wildman–Crippen LogP) is 4.11. The van der Waals surface area contributed by atoms with Crippen LogP contribution in [0.4, 0.5) is 11.4 Å². The third-order valence-corrected chi connectivity index (χ3v) is 4.37. The number of benzene rings is 2. The molecule has 2 amide bonds. The van der Waals surface area contributed by atoms with Gasteiger partial charge in [0.1, 0.15) is 0 Å². The van der Waals surface area contributed by atoms with Gasteiger partial charge in [0.05, 0.1) is 11.1 Å². The summed E-state index contributed by atoms with van der Waals surface area (Å²) in [6, 6.07) is 15.7. The van der Waals surface area contributed by atoms with E-state index in [0.717, 1.165) is 5.69 Å². The highest BCUT2D eigenvalue weighted by molar-refractivity contribution is 6.04. The van der Waals surface area contributed by atoms with E-state index in [2.05, 4.69) is 15.6 Å². The van der Waals surface area contributed by atoms with Gasteiger partial charge in [0.25, 0.3) is 5.91 Å². The van der Waals surface area contributed by atoms with Gasteiger partial charge in [-0.15, -0.1) is 0 Å². The number of hydrogen-bond donors (Lipinski definition) is 2. The maximum absolute atomic E-state index is 12.7. The third kappa shape index (κ3) is 5.20. The molecule has 30 heavy (non-hydrogen) atoms. The molecule has 1 heterocycles. The summed E-state index contributed by atoms with van der Waals surface area (Å²) >= 11 is 0. The van der Waals surface area contributed by atoms with Crippen LogP contribution in [0.3, 0.4) is 0 Å². The van der Waals surface area contributed by atoms with Gasteiger partial charge in [-0.1, -0.05) is 32.0 Å². The lowest BCUT2D eigenvalue weighted by Crippen LogP contribution is -2.21. The highest BCUT2D eigenvalue weighted by Gasteiger charge is 2.17. The second kappa shape index (κ2) is 9.17. The van der Waals surface area contributed by atoms with Crippen LogP contribution >= 0.6 is 0 Å². The standard InChI is InChI=1S/C23H23N3O4/c1-14(2)21-12-19(18-6-4-5-7-20(18)26-21)23(29)30-13-22(28)25-17-10-8-16(9-11-17)24-15(3)27/h4-12,14H,13H2,1-3H3,(H,24,27)(H,25,28). The number of anilines is 2. The Morgan fingerprint density at radius 1 is 0.967 bits per heavy atom. The van der Waals surface area contributed by atoms with Crippen molar-refractivity contribution in [1.29, 1.82) is 0 Å². The van der Waals surface area contributed by atoms with Crippen LogP contribution < -0.4 is 10.6 Å². The monoisotopic (exact) mass is 405 g/mol. The lowest BCUT2D eigenvalue weighted by atomic mass is 10.0. The summed E-state index contributed by atoms with van der Waals surface area (Å²) in [5, 5.41) is 5.98. The Kier molecular flexibility index (Phi) is 6.41. The molecule has 3 aromatic rings. The average molecular weight is 405 g/mol. The van der Waals surface area contributed by atoms with Gasteiger partial charge in [-0.05, 0) is 42.3 Å². The molecule has 7 heteroatoms. The van der Waals surface area contributed by atoms with Gasteiger partial charge in [0.2, 0.25) is 5.91 Å². The van der Waals surface area contributed by atoms with Crippen molar-refractivity contribution in [3.63, 3.8) is 0 Å². The van der Waals surface area contributed by atoms with Crippen molar-refractivity contribution in [1.82, 2.24) is 4.98 Å². The summed E-state index contributed by atoms with van der Waals surface area (Å²) in [7, 11) is 0. The minimum Gasteiger partial charge on any atom is -0.452 e. The summed E-state index contributed by atoms with van der Waals surface area (Å²) < 4.78 is 5.25. The van der Waals surface area contributed by atoms with E-state index in [1.165, 1.54) is 6.92 Å². The molecule has 0 unspecified atom stereocenters. The largest absolute Gasteiger partial charge is 0.452 e. The van der Waals surface area contributed by atoms with Crippen molar-refractivity contribution >= 4 is 40.1 Å². The third-order valence-electron chi connectivity index (χ3n) is 4.37. The van der Waals surface area contributed by atoms with Gasteiger partial charge in [-0.2, -0.15) is 0 Å². The highest BCUT2D eigenvalue weighted by atomic mass is 16.5. The zero-order valence-corrected chi connectivity index (χ0v) is 17.1. The minimum atomic E-state index is -0.577. The molecule has 0 saturated carbocycles. The number of aromatic nitrogens is 1. The molecule has 154 valence electrons. The molecule has 0 aliphatic carbocycles. The first-order valence-corrected chi connectivity index (χ1v) is 9.58. The molecule has 0 fully saturated rings. The molecule has 2 N–H and O–H groups in total. The van der Waals surface area contributed by atoms with Crippen molar-refractivity contribution in [3.8, 4) is 0 Å². The van der Waals surface area contributed by atoms with Crippen molar-refractivity contribution in [2.75, 3.05) is 17.2 Å². The van der Waals surface area contributed by atoms with Crippen LogP contribution in [0.25, 0.3) is 10.9 Å². The minimum absolute atomic E-state index is 0.143.